The third kappa shape index (κ3) is 8.45. The number of amides is 1. The Morgan fingerprint density at radius 1 is 0.950 bits per heavy atom. The van der Waals surface area contributed by atoms with Crippen molar-refractivity contribution in [2.75, 3.05) is 53.6 Å². The molecule has 40 heavy (non-hydrogen) atoms. The van der Waals surface area contributed by atoms with E-state index in [2.05, 4.69) is 29.2 Å². The average molecular weight is 606 g/mol. The molecule has 1 heterocycles. The normalized spacial score (nSPS) is 15.7. The lowest BCUT2D eigenvalue weighted by Crippen LogP contribution is -2.45. The molecule has 1 aliphatic rings. The maximum absolute atomic E-state index is 13.1. The molecule has 1 atom stereocenters. The van der Waals surface area contributed by atoms with Crippen molar-refractivity contribution >= 4 is 41.5 Å². The lowest BCUT2D eigenvalue weighted by Gasteiger charge is -2.42. The molecule has 3 aromatic carbocycles. The van der Waals surface area contributed by atoms with Crippen LogP contribution in [0.2, 0.25) is 10.0 Å². The summed E-state index contributed by atoms with van der Waals surface area (Å²) in [5.41, 5.74) is 2.72. The number of benzene rings is 3. The first-order valence-electron chi connectivity index (χ1n) is 13.6. The van der Waals surface area contributed by atoms with E-state index in [-0.39, 0.29) is 29.8 Å². The van der Waals surface area contributed by atoms with Gasteiger partial charge in [-0.25, -0.2) is 0 Å². The molecule has 0 bridgehead atoms. The molecule has 5 nitrogen and oxygen atoms in total. The highest BCUT2D eigenvalue weighted by molar-refractivity contribution is 6.42. The van der Waals surface area contributed by atoms with E-state index in [1.54, 1.807) is 7.11 Å². The van der Waals surface area contributed by atoms with Crippen molar-refractivity contribution in [2.45, 2.75) is 30.8 Å². The van der Waals surface area contributed by atoms with Crippen LogP contribution in [0.25, 0.3) is 0 Å². The predicted molar refractivity (Wildman–Crippen MR) is 166 cm³/mol. The highest BCUT2D eigenvalue weighted by Crippen LogP contribution is 2.37. The van der Waals surface area contributed by atoms with Gasteiger partial charge in [0.25, 0.3) is 5.91 Å². The molecule has 1 unspecified atom stereocenters. The summed E-state index contributed by atoms with van der Waals surface area (Å²) in [6.45, 7) is 4.55. The summed E-state index contributed by atoms with van der Waals surface area (Å²) < 4.78 is 11.7. The summed E-state index contributed by atoms with van der Waals surface area (Å²) in [6.07, 6.45) is 2.74. The Bertz CT molecular complexity index is 1190. The number of ether oxygens (including phenoxy) is 2. The number of piperidine rings is 1. The van der Waals surface area contributed by atoms with Gasteiger partial charge in [0.2, 0.25) is 0 Å². The molecular weight excluding hydrogens is 567 g/mol. The van der Waals surface area contributed by atoms with Gasteiger partial charge in [0.15, 0.2) is 0 Å². The second-order valence-electron chi connectivity index (χ2n) is 10.3. The topological polar surface area (TPSA) is 42.0 Å². The Morgan fingerprint density at radius 2 is 1.60 bits per heavy atom. The van der Waals surface area contributed by atoms with E-state index in [4.69, 9.17) is 32.7 Å². The van der Waals surface area contributed by atoms with Gasteiger partial charge in [-0.15, -0.1) is 12.4 Å². The molecule has 216 valence electrons. The summed E-state index contributed by atoms with van der Waals surface area (Å²) in [7, 11) is 3.57. The molecule has 1 amide bonds. The Labute approximate surface area is 254 Å². The maximum Gasteiger partial charge on any atom is 0.253 e. The molecule has 1 saturated heterocycles. The highest BCUT2D eigenvalue weighted by atomic mass is 35.5. The number of carbonyl (C=O) groups excluding carboxylic acids is 1. The minimum absolute atomic E-state index is 0. The zero-order chi connectivity index (χ0) is 27.7. The number of hydrogen-bond acceptors (Lipinski definition) is 4. The van der Waals surface area contributed by atoms with E-state index in [0.717, 1.165) is 44.5 Å². The fourth-order valence-electron chi connectivity index (χ4n) is 5.40. The number of nitrogens with zero attached hydrogens (tertiary/aromatic N) is 2. The molecule has 0 saturated carbocycles. The van der Waals surface area contributed by atoms with Gasteiger partial charge in [0.05, 0.1) is 28.9 Å². The number of methoxy groups -OCH3 is 1. The van der Waals surface area contributed by atoms with E-state index in [9.17, 15) is 4.79 Å². The van der Waals surface area contributed by atoms with E-state index in [1.165, 1.54) is 5.56 Å². The van der Waals surface area contributed by atoms with Crippen LogP contribution < -0.4 is 0 Å². The van der Waals surface area contributed by atoms with E-state index < -0.39 is 0 Å². The molecular formula is C32H39Cl3N2O3. The van der Waals surface area contributed by atoms with Crippen LogP contribution in [0, 0.1) is 0 Å². The smallest absolute Gasteiger partial charge is 0.253 e. The van der Waals surface area contributed by atoms with Gasteiger partial charge in [0, 0.05) is 45.3 Å². The second kappa shape index (κ2) is 15.8. The van der Waals surface area contributed by atoms with Gasteiger partial charge in [-0.05, 0) is 61.2 Å². The molecule has 1 fully saturated rings. The van der Waals surface area contributed by atoms with Crippen LogP contribution in [0.15, 0.2) is 78.9 Å². The van der Waals surface area contributed by atoms with Crippen molar-refractivity contribution in [3.63, 3.8) is 0 Å². The minimum Gasteiger partial charge on any atom is -0.382 e. The summed E-state index contributed by atoms with van der Waals surface area (Å²) >= 11 is 12.6. The summed E-state index contributed by atoms with van der Waals surface area (Å²) in [5.74, 6) is 0.135. The number of rotatable bonds is 12. The minimum atomic E-state index is -0.290. The van der Waals surface area contributed by atoms with Crippen molar-refractivity contribution < 1.29 is 14.3 Å². The number of hydrogen-bond donors (Lipinski definition) is 0. The van der Waals surface area contributed by atoms with Crippen molar-refractivity contribution in [3.05, 3.63) is 106 Å². The fourth-order valence-corrected chi connectivity index (χ4v) is 5.71. The number of likely N-dealkylation sites (N-methyl/N-ethyl adjacent to an activating group) is 1. The zero-order valence-electron chi connectivity index (χ0n) is 23.2. The predicted octanol–water partition coefficient (Wildman–Crippen LogP) is 7.32. The summed E-state index contributed by atoms with van der Waals surface area (Å²) in [4.78, 5) is 17.4. The van der Waals surface area contributed by atoms with E-state index >= 15 is 0 Å². The van der Waals surface area contributed by atoms with Crippen molar-refractivity contribution in [3.8, 4) is 0 Å². The van der Waals surface area contributed by atoms with Crippen LogP contribution in [-0.2, 0) is 15.1 Å². The van der Waals surface area contributed by atoms with Crippen LogP contribution in [0.1, 0.15) is 46.7 Å². The summed E-state index contributed by atoms with van der Waals surface area (Å²) in [6, 6.07) is 25.8. The molecule has 0 aromatic heterocycles. The molecule has 0 spiro atoms. The van der Waals surface area contributed by atoms with Gasteiger partial charge in [-0.2, -0.15) is 0 Å². The van der Waals surface area contributed by atoms with Gasteiger partial charge < -0.3 is 19.3 Å². The first-order valence-corrected chi connectivity index (χ1v) is 14.3. The maximum atomic E-state index is 13.1. The quantitative estimate of drug-likeness (QED) is 0.203. The number of carbonyl (C=O) groups is 1. The van der Waals surface area contributed by atoms with Gasteiger partial charge in [0.1, 0.15) is 0 Å². The molecule has 0 N–H and O–H groups in total. The second-order valence-corrected chi connectivity index (χ2v) is 11.1. The molecule has 0 aliphatic carbocycles. The Hall–Kier alpha value is -2.12. The van der Waals surface area contributed by atoms with E-state index in [1.807, 2.05) is 66.5 Å². The van der Waals surface area contributed by atoms with Crippen molar-refractivity contribution in [1.82, 2.24) is 9.80 Å². The lowest BCUT2D eigenvalue weighted by molar-refractivity contribution is -0.102. The lowest BCUT2D eigenvalue weighted by atomic mass is 9.83. The summed E-state index contributed by atoms with van der Waals surface area (Å²) in [5, 5.41) is 1.07. The van der Waals surface area contributed by atoms with Crippen LogP contribution in [0.3, 0.4) is 0 Å². The largest absolute Gasteiger partial charge is 0.382 e. The third-order valence-corrected chi connectivity index (χ3v) is 8.44. The van der Waals surface area contributed by atoms with Crippen LogP contribution in [0.4, 0.5) is 0 Å². The monoisotopic (exact) mass is 604 g/mol. The standard InChI is InChI=1S/C32H38Cl2N2O3.ClH/c1-35(31(37)25-9-5-3-6-10-25)24-27(26-13-14-29(33)30(34)23-26)15-18-36-19-16-32(17-20-36,39-22-21-38-2)28-11-7-4-8-12-28;/h3-14,23,27H,15-22,24H2,1-2H3;1H. The highest BCUT2D eigenvalue weighted by Gasteiger charge is 2.37. The van der Waals surface area contributed by atoms with Crippen LogP contribution in [0.5, 0.6) is 0 Å². The SMILES string of the molecule is COCCOC1(c2ccccc2)CCN(CCC(CN(C)C(=O)c2ccccc2)c2ccc(Cl)c(Cl)c2)CC1.Cl. The first kappa shape index (κ1) is 32.4. The third-order valence-electron chi connectivity index (χ3n) is 7.70. The Balaban J connectivity index is 0.00000441. The number of halogens is 3. The van der Waals surface area contributed by atoms with Gasteiger partial charge >= 0.3 is 0 Å². The molecule has 8 heteroatoms. The molecule has 3 aromatic rings. The Kier molecular flexibility index (Phi) is 12.8. The van der Waals surface area contributed by atoms with Crippen LogP contribution >= 0.6 is 35.6 Å². The van der Waals surface area contributed by atoms with Gasteiger partial charge in [-0.1, -0.05) is 77.8 Å². The van der Waals surface area contributed by atoms with E-state index in [0.29, 0.717) is 35.4 Å². The number of likely N-dealkylation sites (tertiary alicyclic amines) is 1. The Morgan fingerprint density at radius 3 is 2.23 bits per heavy atom. The van der Waals surface area contributed by atoms with Crippen LogP contribution in [-0.4, -0.2) is 69.3 Å². The molecule has 0 radical (unpaired) electrons. The van der Waals surface area contributed by atoms with Gasteiger partial charge in [-0.3, -0.25) is 4.79 Å². The molecule has 4 rings (SSSR count). The van der Waals surface area contributed by atoms with Crippen molar-refractivity contribution in [2.24, 2.45) is 0 Å². The zero-order valence-corrected chi connectivity index (χ0v) is 25.6. The van der Waals surface area contributed by atoms with Crippen molar-refractivity contribution in [1.29, 1.82) is 0 Å². The first-order chi connectivity index (χ1) is 18.9. The molecule has 1 aliphatic heterocycles. The fraction of sp³-hybridized carbons (Fsp3) is 0.406. The average Bonchev–Trinajstić information content (AvgIpc) is 2.98.